The van der Waals surface area contributed by atoms with Crippen LogP contribution < -0.4 is 0 Å². The Morgan fingerprint density at radius 2 is 2.17 bits per heavy atom. The molecule has 2 heterocycles. The number of carbonyl (C=O) groups excluding carboxylic acids is 1. The van der Waals surface area contributed by atoms with Gasteiger partial charge < -0.3 is 14.7 Å². The number of carboxylic acids is 1. The van der Waals surface area contributed by atoms with Gasteiger partial charge in [-0.1, -0.05) is 11.8 Å². The van der Waals surface area contributed by atoms with E-state index in [4.69, 9.17) is 9.84 Å². The molecule has 2 unspecified atom stereocenters. The predicted octanol–water partition coefficient (Wildman–Crippen LogP) is 1.89. The van der Waals surface area contributed by atoms with Crippen LogP contribution in [0.4, 0.5) is 13.2 Å². The number of carbonyl (C=O) groups is 2. The average Bonchev–Trinajstić information content (AvgIpc) is 2.97. The fraction of sp³-hybridized carbons (Fsp3) is 0.500. The molecule has 1 saturated heterocycles. The number of hydrogen-bond acceptors (Lipinski definition) is 5. The summed E-state index contributed by atoms with van der Waals surface area (Å²) in [4.78, 5) is 28.3. The maximum absolute atomic E-state index is 12.5. The Kier molecular flexibility index (Phi) is 5.70. The lowest BCUT2D eigenvalue weighted by atomic mass is 10.2. The van der Waals surface area contributed by atoms with Crippen molar-refractivity contribution in [3.63, 3.8) is 0 Å². The molecular formula is C14H15F3N2O4S. The quantitative estimate of drug-likeness (QED) is 0.804. The number of hydrogen-bond donors (Lipinski definition) is 1. The summed E-state index contributed by atoms with van der Waals surface area (Å²) in [6.45, 7) is 0.174. The van der Waals surface area contributed by atoms with Gasteiger partial charge in [0, 0.05) is 26.3 Å². The van der Waals surface area contributed by atoms with Crippen LogP contribution in [-0.4, -0.2) is 58.4 Å². The molecule has 1 aromatic rings. The van der Waals surface area contributed by atoms with Crippen molar-refractivity contribution in [1.82, 2.24) is 9.88 Å². The molecule has 6 nitrogen and oxygen atoms in total. The second-order valence-corrected chi connectivity index (χ2v) is 6.16. The van der Waals surface area contributed by atoms with Crippen LogP contribution in [0.15, 0.2) is 23.4 Å². The minimum atomic E-state index is -4.47. The highest BCUT2D eigenvalue weighted by Gasteiger charge is 2.39. The number of aromatic nitrogens is 1. The molecule has 1 aromatic heterocycles. The zero-order valence-electron chi connectivity index (χ0n) is 12.6. The number of amides is 1. The summed E-state index contributed by atoms with van der Waals surface area (Å²) in [5, 5.41) is 9.42. The maximum Gasteiger partial charge on any atom is 0.417 e. The summed E-state index contributed by atoms with van der Waals surface area (Å²) in [6.07, 6.45) is -3.90. The average molecular weight is 364 g/mol. The van der Waals surface area contributed by atoms with Gasteiger partial charge in [-0.05, 0) is 12.1 Å². The van der Waals surface area contributed by atoms with Gasteiger partial charge in [0.2, 0.25) is 5.91 Å². The van der Waals surface area contributed by atoms with E-state index in [0.717, 1.165) is 17.8 Å². The van der Waals surface area contributed by atoms with Gasteiger partial charge in [-0.3, -0.25) is 4.79 Å². The van der Waals surface area contributed by atoms with Crippen LogP contribution in [0.3, 0.4) is 0 Å². The third-order valence-electron chi connectivity index (χ3n) is 3.61. The zero-order valence-corrected chi connectivity index (χ0v) is 13.4. The molecule has 0 saturated carbocycles. The molecule has 0 radical (unpaired) electrons. The van der Waals surface area contributed by atoms with Crippen molar-refractivity contribution < 1.29 is 32.6 Å². The zero-order chi connectivity index (χ0) is 17.9. The van der Waals surface area contributed by atoms with Crippen molar-refractivity contribution >= 4 is 23.6 Å². The number of pyridine rings is 1. The SMILES string of the molecule is COC1CC(C(=O)O)N(C(=O)CSc2ccc(C(F)(F)F)cn2)C1. The van der Waals surface area contributed by atoms with Crippen LogP contribution in [-0.2, 0) is 20.5 Å². The minimum absolute atomic E-state index is 0.113. The molecule has 1 aliphatic rings. The highest BCUT2D eigenvalue weighted by Crippen LogP contribution is 2.30. The van der Waals surface area contributed by atoms with E-state index < -0.39 is 29.7 Å². The lowest BCUT2D eigenvalue weighted by molar-refractivity contribution is -0.147. The van der Waals surface area contributed by atoms with E-state index in [-0.39, 0.29) is 29.8 Å². The molecule has 2 atom stereocenters. The Hall–Kier alpha value is -1.81. The molecule has 1 fully saturated rings. The summed E-state index contributed by atoms with van der Waals surface area (Å²) in [5.41, 5.74) is -0.869. The van der Waals surface area contributed by atoms with Gasteiger partial charge in [-0.15, -0.1) is 0 Å². The molecule has 2 rings (SSSR count). The number of alkyl halides is 3. The smallest absolute Gasteiger partial charge is 0.417 e. The van der Waals surface area contributed by atoms with E-state index >= 15 is 0 Å². The first-order valence-corrected chi connectivity index (χ1v) is 7.92. The van der Waals surface area contributed by atoms with Crippen molar-refractivity contribution in [3.8, 4) is 0 Å². The first-order chi connectivity index (χ1) is 11.2. The van der Waals surface area contributed by atoms with Gasteiger partial charge in [0.15, 0.2) is 0 Å². The minimum Gasteiger partial charge on any atom is -0.480 e. The van der Waals surface area contributed by atoms with Gasteiger partial charge >= 0.3 is 12.1 Å². The summed E-state index contributed by atoms with van der Waals surface area (Å²) >= 11 is 0.954. The van der Waals surface area contributed by atoms with E-state index in [2.05, 4.69) is 4.98 Å². The van der Waals surface area contributed by atoms with Crippen molar-refractivity contribution in [2.24, 2.45) is 0 Å². The van der Waals surface area contributed by atoms with Gasteiger partial charge in [0.1, 0.15) is 6.04 Å². The lowest BCUT2D eigenvalue weighted by Gasteiger charge is -2.20. The topological polar surface area (TPSA) is 79.7 Å². The van der Waals surface area contributed by atoms with Gasteiger partial charge in [0.25, 0.3) is 0 Å². The number of likely N-dealkylation sites (tertiary alicyclic amines) is 1. The number of thioether (sulfide) groups is 1. The summed E-state index contributed by atoms with van der Waals surface area (Å²) in [7, 11) is 1.44. The third kappa shape index (κ3) is 4.38. The molecule has 132 valence electrons. The monoisotopic (exact) mass is 364 g/mol. The maximum atomic E-state index is 12.5. The summed E-state index contributed by atoms with van der Waals surface area (Å²) in [5.74, 6) is -1.65. The molecular weight excluding hydrogens is 349 g/mol. The molecule has 0 bridgehead atoms. The third-order valence-corrected chi connectivity index (χ3v) is 4.54. The molecule has 1 N–H and O–H groups in total. The fourth-order valence-electron chi connectivity index (χ4n) is 2.33. The number of halogens is 3. The summed E-state index contributed by atoms with van der Waals surface area (Å²) in [6, 6.07) is 1.11. The van der Waals surface area contributed by atoms with Crippen molar-refractivity contribution in [2.75, 3.05) is 19.4 Å². The van der Waals surface area contributed by atoms with Crippen LogP contribution in [0.1, 0.15) is 12.0 Å². The first kappa shape index (κ1) is 18.5. The van der Waals surface area contributed by atoms with E-state index in [1.54, 1.807) is 0 Å². The van der Waals surface area contributed by atoms with Gasteiger partial charge in [-0.2, -0.15) is 13.2 Å². The first-order valence-electron chi connectivity index (χ1n) is 6.93. The molecule has 24 heavy (non-hydrogen) atoms. The van der Waals surface area contributed by atoms with Crippen LogP contribution >= 0.6 is 11.8 Å². The molecule has 0 aromatic carbocycles. The van der Waals surface area contributed by atoms with Crippen LogP contribution in [0.2, 0.25) is 0 Å². The number of aliphatic carboxylic acids is 1. The molecule has 0 aliphatic carbocycles. The van der Waals surface area contributed by atoms with Gasteiger partial charge in [-0.25, -0.2) is 9.78 Å². The Balaban J connectivity index is 1.96. The molecule has 1 aliphatic heterocycles. The van der Waals surface area contributed by atoms with Crippen molar-refractivity contribution in [2.45, 2.75) is 29.8 Å². The van der Waals surface area contributed by atoms with E-state index in [0.29, 0.717) is 6.20 Å². The Labute approximate surface area is 140 Å². The highest BCUT2D eigenvalue weighted by atomic mass is 32.2. The van der Waals surface area contributed by atoms with Gasteiger partial charge in [0.05, 0.1) is 22.4 Å². The number of ether oxygens (including phenoxy) is 1. The second kappa shape index (κ2) is 7.39. The molecule has 1 amide bonds. The second-order valence-electron chi connectivity index (χ2n) is 5.17. The van der Waals surface area contributed by atoms with E-state index in [9.17, 15) is 22.8 Å². The normalized spacial score (nSPS) is 21.1. The predicted molar refractivity (Wildman–Crippen MR) is 78.5 cm³/mol. The van der Waals surface area contributed by atoms with Crippen LogP contribution in [0, 0.1) is 0 Å². The fourth-order valence-corrected chi connectivity index (χ4v) is 3.06. The van der Waals surface area contributed by atoms with Crippen molar-refractivity contribution in [3.05, 3.63) is 23.9 Å². The number of carboxylic acid groups (broad SMARTS) is 1. The Morgan fingerprint density at radius 3 is 2.67 bits per heavy atom. The van der Waals surface area contributed by atoms with E-state index in [1.165, 1.54) is 18.1 Å². The largest absolute Gasteiger partial charge is 0.480 e. The van der Waals surface area contributed by atoms with Crippen LogP contribution in [0.25, 0.3) is 0 Å². The van der Waals surface area contributed by atoms with Crippen LogP contribution in [0.5, 0.6) is 0 Å². The number of nitrogens with zero attached hydrogens (tertiary/aromatic N) is 2. The Morgan fingerprint density at radius 1 is 1.46 bits per heavy atom. The lowest BCUT2D eigenvalue weighted by Crippen LogP contribution is -2.41. The summed E-state index contributed by atoms with van der Waals surface area (Å²) < 4.78 is 42.5. The molecule has 10 heteroatoms. The Bertz CT molecular complexity index is 609. The highest BCUT2D eigenvalue weighted by molar-refractivity contribution is 7.99. The number of methoxy groups -OCH3 is 1. The van der Waals surface area contributed by atoms with E-state index in [1.807, 2.05) is 0 Å². The van der Waals surface area contributed by atoms with Crippen molar-refractivity contribution in [1.29, 1.82) is 0 Å². The number of rotatable bonds is 5. The standard InChI is InChI=1S/C14H15F3N2O4S/c1-23-9-4-10(13(21)22)19(6-9)12(20)7-24-11-3-2-8(5-18-11)14(15,16)17/h2-3,5,9-10H,4,6-7H2,1H3,(H,21,22). The molecule has 0 spiro atoms.